The Kier molecular flexibility index (Phi) is 4.97. The van der Waals surface area contributed by atoms with Crippen molar-refractivity contribution in [2.24, 2.45) is 0 Å². The van der Waals surface area contributed by atoms with Crippen LogP contribution in [-0.4, -0.2) is 42.1 Å². The molecule has 1 fully saturated rings. The van der Waals surface area contributed by atoms with Crippen molar-refractivity contribution in [1.82, 2.24) is 10.2 Å². The molecule has 0 bridgehead atoms. The van der Waals surface area contributed by atoms with Crippen LogP contribution in [0, 0.1) is 0 Å². The van der Waals surface area contributed by atoms with Crippen LogP contribution < -0.4 is 19.7 Å². The largest absolute Gasteiger partial charge is 0.454 e. The lowest BCUT2D eigenvalue weighted by Gasteiger charge is -2.29. The molecule has 3 aliphatic rings. The molecular formula is C23H23N3O5. The second kappa shape index (κ2) is 7.94. The minimum atomic E-state index is -0.689. The zero-order valence-electron chi connectivity index (χ0n) is 17.0. The number of ether oxygens (including phenoxy) is 2. The number of nitrogens with zero attached hydrogens (tertiary/aromatic N) is 2. The third kappa shape index (κ3) is 3.69. The molecule has 8 nitrogen and oxygen atoms in total. The Morgan fingerprint density at radius 2 is 1.94 bits per heavy atom. The number of rotatable bonds is 5. The Morgan fingerprint density at radius 1 is 1.10 bits per heavy atom. The fourth-order valence-corrected chi connectivity index (χ4v) is 4.34. The van der Waals surface area contributed by atoms with Gasteiger partial charge in [-0.2, -0.15) is 0 Å². The molecule has 2 aromatic rings. The van der Waals surface area contributed by atoms with Crippen LogP contribution in [0.4, 0.5) is 10.5 Å². The molecule has 8 heteroatoms. The quantitative estimate of drug-likeness (QED) is 0.750. The third-order valence-corrected chi connectivity index (χ3v) is 5.94. The van der Waals surface area contributed by atoms with E-state index in [2.05, 4.69) is 5.32 Å². The van der Waals surface area contributed by atoms with Gasteiger partial charge in [-0.15, -0.1) is 0 Å². The molecule has 0 unspecified atom stereocenters. The first kappa shape index (κ1) is 19.4. The van der Waals surface area contributed by atoms with Crippen LogP contribution in [0.2, 0.25) is 0 Å². The number of fused-ring (bicyclic) bond motifs is 2. The first-order chi connectivity index (χ1) is 15.1. The van der Waals surface area contributed by atoms with Crippen LogP contribution in [0.5, 0.6) is 11.5 Å². The van der Waals surface area contributed by atoms with Gasteiger partial charge >= 0.3 is 6.03 Å². The number of hydrogen-bond donors (Lipinski definition) is 1. The number of carbonyl (C=O) groups excluding carboxylic acids is 3. The van der Waals surface area contributed by atoms with E-state index in [-0.39, 0.29) is 38.0 Å². The Balaban J connectivity index is 1.21. The van der Waals surface area contributed by atoms with Crippen molar-refractivity contribution >= 4 is 23.5 Å². The van der Waals surface area contributed by atoms with Crippen LogP contribution in [0.3, 0.4) is 0 Å². The normalized spacial score (nSPS) is 19.4. The number of urea groups is 1. The number of para-hydroxylation sites is 1. The fraction of sp³-hybridized carbons (Fsp3) is 0.348. The second-order valence-electron chi connectivity index (χ2n) is 7.93. The van der Waals surface area contributed by atoms with Gasteiger partial charge in [-0.25, -0.2) is 4.79 Å². The van der Waals surface area contributed by atoms with E-state index in [9.17, 15) is 14.4 Å². The Hall–Kier alpha value is -3.55. The summed E-state index contributed by atoms with van der Waals surface area (Å²) in [6.45, 7) is 0.988. The molecule has 31 heavy (non-hydrogen) atoms. The van der Waals surface area contributed by atoms with Crippen molar-refractivity contribution in [3.05, 3.63) is 53.6 Å². The number of imide groups is 1. The average molecular weight is 421 g/mol. The minimum Gasteiger partial charge on any atom is -0.454 e. The van der Waals surface area contributed by atoms with Gasteiger partial charge in [0.05, 0.1) is 6.54 Å². The highest BCUT2D eigenvalue weighted by Crippen LogP contribution is 2.33. The molecule has 5 rings (SSSR count). The molecule has 0 radical (unpaired) electrons. The van der Waals surface area contributed by atoms with E-state index in [1.807, 2.05) is 24.3 Å². The first-order valence-electron chi connectivity index (χ1n) is 10.5. The Morgan fingerprint density at radius 3 is 2.84 bits per heavy atom. The maximum atomic E-state index is 12.8. The third-order valence-electron chi connectivity index (χ3n) is 5.94. The number of benzene rings is 2. The summed E-state index contributed by atoms with van der Waals surface area (Å²) >= 11 is 0. The molecule has 2 aromatic carbocycles. The summed E-state index contributed by atoms with van der Waals surface area (Å²) in [5.74, 6) is 0.920. The highest BCUT2D eigenvalue weighted by molar-refractivity contribution is 6.04. The number of anilines is 1. The molecule has 0 aliphatic carbocycles. The Bertz CT molecular complexity index is 1050. The SMILES string of the molecule is O=C1N[C@@H](CCC(=O)N2CCCc3ccccc32)C(=O)N1Cc1ccc2c(c1)OCO2. The standard InChI is InChI=1S/C23H23N3O5/c27-21(25-11-3-5-16-4-1-2-6-18(16)25)10-8-17-22(28)26(23(29)24-17)13-15-7-9-19-20(12-15)31-14-30-19/h1-2,4,6-7,9,12,17H,3,5,8,10-11,13-14H2,(H,24,29)/t17-/m0/s1. The second-order valence-corrected chi connectivity index (χ2v) is 7.93. The Labute approximate surface area is 179 Å². The summed E-state index contributed by atoms with van der Waals surface area (Å²) in [7, 11) is 0. The van der Waals surface area contributed by atoms with Crippen molar-refractivity contribution < 1.29 is 23.9 Å². The van der Waals surface area contributed by atoms with Gasteiger partial charge < -0.3 is 19.7 Å². The smallest absolute Gasteiger partial charge is 0.325 e. The van der Waals surface area contributed by atoms with Crippen molar-refractivity contribution in [3.63, 3.8) is 0 Å². The number of carbonyl (C=O) groups is 3. The maximum absolute atomic E-state index is 12.8. The molecule has 3 aliphatic heterocycles. The van der Waals surface area contributed by atoms with Crippen LogP contribution in [0.25, 0.3) is 0 Å². The summed E-state index contributed by atoms with van der Waals surface area (Å²) < 4.78 is 10.6. The summed E-state index contributed by atoms with van der Waals surface area (Å²) in [6.07, 6.45) is 2.36. The number of nitrogens with one attached hydrogen (secondary N) is 1. The topological polar surface area (TPSA) is 88.2 Å². The van der Waals surface area contributed by atoms with Gasteiger partial charge in [-0.1, -0.05) is 24.3 Å². The molecule has 1 N–H and O–H groups in total. The molecule has 4 amide bonds. The first-order valence-corrected chi connectivity index (χ1v) is 10.5. The van der Waals surface area contributed by atoms with Gasteiger partial charge in [0, 0.05) is 18.7 Å². The highest BCUT2D eigenvalue weighted by Gasteiger charge is 2.38. The van der Waals surface area contributed by atoms with E-state index in [1.54, 1.807) is 23.1 Å². The van der Waals surface area contributed by atoms with Crippen LogP contribution in [0.15, 0.2) is 42.5 Å². The van der Waals surface area contributed by atoms with Gasteiger partial charge in [0.25, 0.3) is 5.91 Å². The molecule has 160 valence electrons. The predicted molar refractivity (Wildman–Crippen MR) is 112 cm³/mol. The number of hydrogen-bond acceptors (Lipinski definition) is 5. The van der Waals surface area contributed by atoms with Crippen LogP contribution in [0.1, 0.15) is 30.4 Å². The summed E-state index contributed by atoms with van der Waals surface area (Å²) in [4.78, 5) is 41.0. The van der Waals surface area contributed by atoms with Crippen molar-refractivity contribution in [2.45, 2.75) is 38.3 Å². The van der Waals surface area contributed by atoms with E-state index in [1.165, 1.54) is 10.5 Å². The predicted octanol–water partition coefficient (Wildman–Crippen LogP) is 2.60. The molecule has 0 aromatic heterocycles. The van der Waals surface area contributed by atoms with Gasteiger partial charge in [0.15, 0.2) is 11.5 Å². The van der Waals surface area contributed by atoms with Gasteiger partial charge in [0.1, 0.15) is 6.04 Å². The molecule has 1 saturated heterocycles. The van der Waals surface area contributed by atoms with Crippen LogP contribution in [-0.2, 0) is 22.6 Å². The van der Waals surface area contributed by atoms with Crippen molar-refractivity contribution in [2.75, 3.05) is 18.2 Å². The molecule has 3 heterocycles. The minimum absolute atomic E-state index is 0.0246. The van der Waals surface area contributed by atoms with Gasteiger partial charge in [-0.05, 0) is 48.6 Å². The van der Waals surface area contributed by atoms with E-state index in [4.69, 9.17) is 9.47 Å². The zero-order valence-corrected chi connectivity index (χ0v) is 17.0. The monoisotopic (exact) mass is 421 g/mol. The number of amides is 4. The lowest BCUT2D eigenvalue weighted by molar-refractivity contribution is -0.128. The average Bonchev–Trinajstić information content (AvgIpc) is 3.36. The molecular weight excluding hydrogens is 398 g/mol. The molecule has 0 spiro atoms. The van der Waals surface area contributed by atoms with Gasteiger partial charge in [-0.3, -0.25) is 14.5 Å². The van der Waals surface area contributed by atoms with E-state index >= 15 is 0 Å². The van der Waals surface area contributed by atoms with E-state index in [0.29, 0.717) is 18.0 Å². The molecule has 0 saturated carbocycles. The fourth-order valence-electron chi connectivity index (χ4n) is 4.34. The summed E-state index contributed by atoms with van der Waals surface area (Å²) in [6, 6.07) is 12.1. The van der Waals surface area contributed by atoms with Gasteiger partial charge in [0.2, 0.25) is 12.7 Å². The van der Waals surface area contributed by atoms with Crippen LogP contribution >= 0.6 is 0 Å². The lowest BCUT2D eigenvalue weighted by Crippen LogP contribution is -2.37. The lowest BCUT2D eigenvalue weighted by atomic mass is 10.0. The van der Waals surface area contributed by atoms with E-state index < -0.39 is 12.1 Å². The zero-order chi connectivity index (χ0) is 21.4. The maximum Gasteiger partial charge on any atom is 0.325 e. The van der Waals surface area contributed by atoms with Crippen molar-refractivity contribution in [3.8, 4) is 11.5 Å². The molecule has 1 atom stereocenters. The van der Waals surface area contributed by atoms with E-state index in [0.717, 1.165) is 24.1 Å². The summed E-state index contributed by atoms with van der Waals surface area (Å²) in [5.41, 5.74) is 2.89. The highest BCUT2D eigenvalue weighted by atomic mass is 16.7. The van der Waals surface area contributed by atoms with Crippen molar-refractivity contribution in [1.29, 1.82) is 0 Å². The number of aryl methyl sites for hydroxylation is 1. The summed E-state index contributed by atoms with van der Waals surface area (Å²) in [5, 5.41) is 2.71.